The van der Waals surface area contributed by atoms with Crippen LogP contribution in [-0.2, 0) is 0 Å². The first-order valence-corrected chi connectivity index (χ1v) is 6.39. The molecule has 0 fully saturated rings. The Morgan fingerprint density at radius 1 is 1.39 bits per heavy atom. The number of hydrogen-bond acceptors (Lipinski definition) is 4. The maximum atomic E-state index is 13.4. The molecule has 1 aromatic heterocycles. The number of hydrazine groups is 1. The second kappa shape index (κ2) is 5.48. The third-order valence-electron chi connectivity index (χ3n) is 2.86. The first-order chi connectivity index (χ1) is 8.67. The zero-order valence-corrected chi connectivity index (χ0v) is 11.1. The Labute approximate surface area is 109 Å². The van der Waals surface area contributed by atoms with Crippen LogP contribution in [0.5, 0.6) is 5.75 Å². The summed E-state index contributed by atoms with van der Waals surface area (Å²) in [6.45, 7) is 1.93. The van der Waals surface area contributed by atoms with E-state index in [0.717, 1.165) is 21.8 Å². The second-order valence-electron chi connectivity index (χ2n) is 3.95. The molecule has 2 aromatic rings. The summed E-state index contributed by atoms with van der Waals surface area (Å²) in [5.74, 6) is 6.10. The van der Waals surface area contributed by atoms with Crippen LogP contribution in [0.2, 0.25) is 0 Å². The first-order valence-electron chi connectivity index (χ1n) is 5.51. The molecule has 18 heavy (non-hydrogen) atoms. The molecular weight excluding hydrogens is 251 g/mol. The monoisotopic (exact) mass is 266 g/mol. The molecule has 0 aliphatic carbocycles. The zero-order valence-electron chi connectivity index (χ0n) is 10.2. The van der Waals surface area contributed by atoms with Crippen LogP contribution in [0.4, 0.5) is 4.39 Å². The fraction of sp³-hybridized carbons (Fsp3) is 0.231. The predicted octanol–water partition coefficient (Wildman–Crippen LogP) is 2.76. The number of aryl methyl sites for hydroxylation is 1. The van der Waals surface area contributed by atoms with Gasteiger partial charge in [-0.2, -0.15) is 0 Å². The molecule has 5 heteroatoms. The number of benzene rings is 1. The van der Waals surface area contributed by atoms with Gasteiger partial charge in [0.1, 0.15) is 11.6 Å². The summed E-state index contributed by atoms with van der Waals surface area (Å²) >= 11 is 1.53. The Morgan fingerprint density at radius 2 is 2.17 bits per heavy atom. The molecule has 0 spiro atoms. The molecule has 0 amide bonds. The van der Waals surface area contributed by atoms with Crippen LogP contribution in [0.3, 0.4) is 0 Å². The van der Waals surface area contributed by atoms with Crippen molar-refractivity contribution in [3.63, 3.8) is 0 Å². The summed E-state index contributed by atoms with van der Waals surface area (Å²) in [7, 11) is 1.61. The molecule has 0 bridgehead atoms. The van der Waals surface area contributed by atoms with Crippen LogP contribution in [-0.4, -0.2) is 7.11 Å². The maximum absolute atomic E-state index is 13.4. The molecule has 3 N–H and O–H groups in total. The van der Waals surface area contributed by atoms with Gasteiger partial charge in [0.2, 0.25) is 0 Å². The van der Waals surface area contributed by atoms with E-state index < -0.39 is 0 Å². The van der Waals surface area contributed by atoms with Crippen LogP contribution in [0.15, 0.2) is 29.6 Å². The zero-order chi connectivity index (χ0) is 13.1. The van der Waals surface area contributed by atoms with Crippen LogP contribution in [0.25, 0.3) is 0 Å². The number of halogens is 1. The van der Waals surface area contributed by atoms with Crippen LogP contribution in [0, 0.1) is 12.7 Å². The molecule has 0 saturated heterocycles. The van der Waals surface area contributed by atoms with Gasteiger partial charge in [0.25, 0.3) is 0 Å². The van der Waals surface area contributed by atoms with Crippen molar-refractivity contribution in [2.45, 2.75) is 13.0 Å². The Morgan fingerprint density at radius 3 is 2.83 bits per heavy atom. The van der Waals surface area contributed by atoms with Crippen molar-refractivity contribution in [3.8, 4) is 5.75 Å². The predicted molar refractivity (Wildman–Crippen MR) is 71.2 cm³/mol. The van der Waals surface area contributed by atoms with E-state index in [9.17, 15) is 4.39 Å². The van der Waals surface area contributed by atoms with E-state index in [4.69, 9.17) is 10.6 Å². The normalized spacial score (nSPS) is 12.4. The quantitative estimate of drug-likeness (QED) is 0.661. The average Bonchev–Trinajstić information content (AvgIpc) is 2.83. The number of hydrogen-bond donors (Lipinski definition) is 2. The highest BCUT2D eigenvalue weighted by molar-refractivity contribution is 7.10. The van der Waals surface area contributed by atoms with Gasteiger partial charge in [-0.1, -0.05) is 6.07 Å². The third-order valence-corrected chi connectivity index (χ3v) is 3.82. The minimum Gasteiger partial charge on any atom is -0.496 e. The molecular formula is C13H15FN2OS. The fourth-order valence-electron chi connectivity index (χ4n) is 1.92. The number of nitrogens with two attached hydrogens (primary N) is 1. The molecule has 1 aromatic carbocycles. The lowest BCUT2D eigenvalue weighted by Gasteiger charge is -2.18. The summed E-state index contributed by atoms with van der Waals surface area (Å²) in [5.41, 5.74) is 4.53. The van der Waals surface area contributed by atoms with Gasteiger partial charge in [-0.3, -0.25) is 5.84 Å². The van der Waals surface area contributed by atoms with Crippen molar-refractivity contribution in [1.82, 2.24) is 5.43 Å². The molecule has 0 radical (unpaired) electrons. The van der Waals surface area contributed by atoms with Crippen molar-refractivity contribution < 1.29 is 9.13 Å². The van der Waals surface area contributed by atoms with E-state index >= 15 is 0 Å². The van der Waals surface area contributed by atoms with Gasteiger partial charge in [-0.15, -0.1) is 11.3 Å². The molecule has 3 nitrogen and oxygen atoms in total. The largest absolute Gasteiger partial charge is 0.496 e. The van der Waals surface area contributed by atoms with E-state index in [0.29, 0.717) is 0 Å². The van der Waals surface area contributed by atoms with Crippen molar-refractivity contribution in [2.24, 2.45) is 5.84 Å². The topological polar surface area (TPSA) is 47.3 Å². The summed E-state index contributed by atoms with van der Waals surface area (Å²) < 4.78 is 18.7. The van der Waals surface area contributed by atoms with Crippen molar-refractivity contribution in [3.05, 3.63) is 51.5 Å². The smallest absolute Gasteiger partial charge is 0.134 e. The highest BCUT2D eigenvalue weighted by Gasteiger charge is 2.20. The van der Waals surface area contributed by atoms with Gasteiger partial charge in [0, 0.05) is 0 Å². The van der Waals surface area contributed by atoms with Crippen molar-refractivity contribution in [2.75, 3.05) is 7.11 Å². The van der Waals surface area contributed by atoms with E-state index in [1.54, 1.807) is 13.2 Å². The average molecular weight is 266 g/mol. The summed E-state index contributed by atoms with van der Waals surface area (Å²) in [5, 5.41) is 1.92. The fourth-order valence-corrected chi connectivity index (χ4v) is 2.85. The van der Waals surface area contributed by atoms with Gasteiger partial charge < -0.3 is 4.74 Å². The Hall–Kier alpha value is -1.43. The lowest BCUT2D eigenvalue weighted by molar-refractivity contribution is 0.407. The Balaban J connectivity index is 2.48. The lowest BCUT2D eigenvalue weighted by Crippen LogP contribution is -2.29. The van der Waals surface area contributed by atoms with E-state index in [-0.39, 0.29) is 11.9 Å². The van der Waals surface area contributed by atoms with E-state index in [1.807, 2.05) is 18.4 Å². The van der Waals surface area contributed by atoms with Gasteiger partial charge in [0.15, 0.2) is 0 Å². The third kappa shape index (κ3) is 2.38. The molecule has 0 aliphatic rings. The van der Waals surface area contributed by atoms with Crippen LogP contribution < -0.4 is 16.0 Å². The Kier molecular flexibility index (Phi) is 3.96. The van der Waals surface area contributed by atoms with Crippen molar-refractivity contribution >= 4 is 11.3 Å². The maximum Gasteiger partial charge on any atom is 0.134 e. The van der Waals surface area contributed by atoms with Crippen molar-refractivity contribution in [1.29, 1.82) is 0 Å². The molecule has 1 atom stereocenters. The second-order valence-corrected chi connectivity index (χ2v) is 4.90. The molecule has 1 heterocycles. The minimum atomic E-state index is -0.272. The van der Waals surface area contributed by atoms with Crippen LogP contribution in [0.1, 0.15) is 22.0 Å². The minimum absolute atomic E-state index is 0.268. The highest BCUT2D eigenvalue weighted by Crippen LogP contribution is 2.35. The van der Waals surface area contributed by atoms with Crippen LogP contribution >= 0.6 is 11.3 Å². The number of methoxy groups -OCH3 is 1. The van der Waals surface area contributed by atoms with Gasteiger partial charge >= 0.3 is 0 Å². The molecule has 96 valence electrons. The molecule has 0 aliphatic heterocycles. The number of nitrogens with one attached hydrogen (secondary N) is 1. The number of thiophene rings is 1. The van der Waals surface area contributed by atoms with E-state index in [1.165, 1.54) is 23.5 Å². The Bertz CT molecular complexity index is 542. The highest BCUT2D eigenvalue weighted by atomic mass is 32.1. The van der Waals surface area contributed by atoms with Gasteiger partial charge in [-0.05, 0) is 41.6 Å². The first kappa shape index (κ1) is 13.0. The van der Waals surface area contributed by atoms with E-state index in [2.05, 4.69) is 5.43 Å². The molecule has 2 rings (SSSR count). The summed E-state index contributed by atoms with van der Waals surface area (Å²) in [6.07, 6.45) is 0. The SMILES string of the molecule is COc1ccsc1C(NN)c1cc(F)ccc1C. The van der Waals surface area contributed by atoms with Gasteiger partial charge in [0.05, 0.1) is 18.0 Å². The molecule has 0 saturated carbocycles. The summed E-state index contributed by atoms with van der Waals surface area (Å²) in [4.78, 5) is 0.939. The number of ether oxygens (including phenoxy) is 1. The number of rotatable bonds is 4. The lowest BCUT2D eigenvalue weighted by atomic mass is 10.00. The molecule has 1 unspecified atom stereocenters. The van der Waals surface area contributed by atoms with Gasteiger partial charge in [-0.25, -0.2) is 9.82 Å². The standard InChI is InChI=1S/C13H15FN2OS/c1-8-3-4-9(14)7-10(8)12(16-15)13-11(17-2)5-6-18-13/h3-7,12,16H,15H2,1-2H3. The summed E-state index contributed by atoms with van der Waals surface area (Å²) in [6, 6.07) is 6.29.